The lowest BCUT2D eigenvalue weighted by molar-refractivity contribution is -0.274. The molecule has 0 fully saturated rings. The highest BCUT2D eigenvalue weighted by Gasteiger charge is 2.31. The fourth-order valence-corrected chi connectivity index (χ4v) is 4.30. The lowest BCUT2D eigenvalue weighted by Gasteiger charge is -2.26. The van der Waals surface area contributed by atoms with Crippen LogP contribution in [0.5, 0.6) is 5.75 Å². The van der Waals surface area contributed by atoms with Gasteiger partial charge in [0.1, 0.15) is 17.7 Å². The summed E-state index contributed by atoms with van der Waals surface area (Å²) in [5.74, 6) is 2.71. The van der Waals surface area contributed by atoms with Crippen LogP contribution in [0.1, 0.15) is 19.4 Å². The van der Waals surface area contributed by atoms with Gasteiger partial charge in [-0.3, -0.25) is 10.4 Å². The second-order valence-electron chi connectivity index (χ2n) is 8.96. The number of halogens is 5. The number of allylic oxidation sites excluding steroid dienone is 2. The highest BCUT2D eigenvalue weighted by Crippen LogP contribution is 2.36. The van der Waals surface area contributed by atoms with E-state index < -0.39 is 34.9 Å². The molecular formula is C28H28F5N5O2S. The van der Waals surface area contributed by atoms with E-state index in [1.165, 1.54) is 24.1 Å². The van der Waals surface area contributed by atoms with E-state index in [-0.39, 0.29) is 11.4 Å². The van der Waals surface area contributed by atoms with Gasteiger partial charge in [0.15, 0.2) is 4.90 Å². The maximum absolute atomic E-state index is 13.6. The fourth-order valence-electron chi connectivity index (χ4n) is 3.74. The zero-order chi connectivity index (χ0) is 30.5. The third kappa shape index (κ3) is 8.46. The molecule has 3 rings (SSSR count). The van der Waals surface area contributed by atoms with Crippen molar-refractivity contribution in [1.82, 2.24) is 0 Å². The number of nitrogens with one attached hydrogen (secondary N) is 2. The van der Waals surface area contributed by atoms with E-state index in [0.717, 1.165) is 24.4 Å². The van der Waals surface area contributed by atoms with Gasteiger partial charge in [0.2, 0.25) is 0 Å². The number of rotatable bonds is 10. The zero-order valence-electron chi connectivity index (χ0n) is 22.2. The SMILES string of the molecule is C/C(=C/C(=N)C(C)(F)F)Nc1ccc(-c2cccc([S+](C)[O-])c2)cc1N(N)/C(=C\N)c1ccc(OC(F)(F)F)cc1. The van der Waals surface area contributed by atoms with Crippen LogP contribution in [-0.4, -0.2) is 28.8 Å². The van der Waals surface area contributed by atoms with Gasteiger partial charge < -0.3 is 20.3 Å². The van der Waals surface area contributed by atoms with E-state index in [4.69, 9.17) is 17.0 Å². The van der Waals surface area contributed by atoms with Gasteiger partial charge in [-0.15, -0.1) is 13.2 Å². The molecule has 3 aromatic rings. The summed E-state index contributed by atoms with van der Waals surface area (Å²) >= 11 is -1.24. The molecule has 3 aromatic carbocycles. The summed E-state index contributed by atoms with van der Waals surface area (Å²) in [7, 11) is 0. The summed E-state index contributed by atoms with van der Waals surface area (Å²) in [4.78, 5) is 0.595. The van der Waals surface area contributed by atoms with E-state index >= 15 is 0 Å². The summed E-state index contributed by atoms with van der Waals surface area (Å²) in [5, 5.41) is 11.8. The van der Waals surface area contributed by atoms with Crippen molar-refractivity contribution < 1.29 is 31.2 Å². The molecule has 41 heavy (non-hydrogen) atoms. The van der Waals surface area contributed by atoms with E-state index in [0.29, 0.717) is 39.9 Å². The Morgan fingerprint density at radius 3 is 2.22 bits per heavy atom. The minimum absolute atomic E-state index is 0.196. The Morgan fingerprint density at radius 2 is 1.66 bits per heavy atom. The van der Waals surface area contributed by atoms with Gasteiger partial charge >= 0.3 is 6.36 Å². The van der Waals surface area contributed by atoms with Crippen molar-refractivity contribution >= 4 is 34.0 Å². The molecule has 0 aliphatic carbocycles. The van der Waals surface area contributed by atoms with Gasteiger partial charge in [0.05, 0.1) is 17.1 Å². The second kappa shape index (κ2) is 12.6. The summed E-state index contributed by atoms with van der Waals surface area (Å²) in [6, 6.07) is 17.0. The van der Waals surface area contributed by atoms with Gasteiger partial charge in [-0.2, -0.15) is 8.78 Å². The fraction of sp³-hybridized carbons (Fsp3) is 0.179. The lowest BCUT2D eigenvalue weighted by Crippen LogP contribution is -2.30. The molecule has 6 N–H and O–H groups in total. The van der Waals surface area contributed by atoms with Gasteiger partial charge in [0, 0.05) is 30.5 Å². The van der Waals surface area contributed by atoms with Crippen LogP contribution in [-0.2, 0) is 11.2 Å². The van der Waals surface area contributed by atoms with Crippen LogP contribution in [0.25, 0.3) is 16.8 Å². The molecule has 0 aromatic heterocycles. The van der Waals surface area contributed by atoms with Crippen molar-refractivity contribution in [3.05, 3.63) is 90.3 Å². The number of ether oxygens (including phenoxy) is 1. The van der Waals surface area contributed by atoms with Crippen LogP contribution in [0.15, 0.2) is 89.6 Å². The van der Waals surface area contributed by atoms with E-state index in [1.807, 2.05) is 0 Å². The van der Waals surface area contributed by atoms with Crippen molar-refractivity contribution in [2.45, 2.75) is 31.0 Å². The summed E-state index contributed by atoms with van der Waals surface area (Å²) < 4.78 is 80.9. The number of nitrogens with zero attached hydrogens (tertiary/aromatic N) is 1. The van der Waals surface area contributed by atoms with Crippen molar-refractivity contribution in [1.29, 1.82) is 5.41 Å². The van der Waals surface area contributed by atoms with Crippen LogP contribution in [0.4, 0.5) is 33.3 Å². The largest absolute Gasteiger partial charge is 0.612 e. The molecule has 0 aliphatic heterocycles. The van der Waals surface area contributed by atoms with Crippen LogP contribution in [0.3, 0.4) is 0 Å². The number of hydrogen-bond donors (Lipinski definition) is 4. The Hall–Kier alpha value is -4.07. The number of hydrazine groups is 1. The molecule has 0 spiro atoms. The monoisotopic (exact) mass is 593 g/mol. The average molecular weight is 594 g/mol. The van der Waals surface area contributed by atoms with Crippen LogP contribution in [0.2, 0.25) is 0 Å². The summed E-state index contributed by atoms with van der Waals surface area (Å²) in [6.07, 6.45) is -1.17. The smallest absolute Gasteiger partial charge is 0.573 e. The number of nitrogens with two attached hydrogens (primary N) is 2. The van der Waals surface area contributed by atoms with Crippen molar-refractivity contribution in [2.75, 3.05) is 16.6 Å². The highest BCUT2D eigenvalue weighted by molar-refractivity contribution is 7.90. The maximum Gasteiger partial charge on any atom is 0.573 e. The Balaban J connectivity index is 2.07. The highest BCUT2D eigenvalue weighted by atomic mass is 32.2. The molecule has 0 aliphatic rings. The second-order valence-corrected chi connectivity index (χ2v) is 10.3. The quantitative estimate of drug-likeness (QED) is 0.0689. The molecule has 0 saturated carbocycles. The third-order valence-electron chi connectivity index (χ3n) is 5.72. The molecule has 13 heteroatoms. The maximum atomic E-state index is 13.6. The number of anilines is 2. The Labute approximate surface area is 236 Å². The molecule has 1 unspecified atom stereocenters. The molecule has 7 nitrogen and oxygen atoms in total. The molecular weight excluding hydrogens is 565 g/mol. The first-order valence-corrected chi connectivity index (χ1v) is 13.5. The van der Waals surface area contributed by atoms with E-state index in [1.54, 1.807) is 48.7 Å². The number of alkyl halides is 5. The molecule has 0 amide bonds. The molecule has 218 valence electrons. The molecule has 0 radical (unpaired) electrons. The summed E-state index contributed by atoms with van der Waals surface area (Å²) in [6.45, 7) is 2.11. The average Bonchev–Trinajstić information content (AvgIpc) is 2.88. The van der Waals surface area contributed by atoms with E-state index in [2.05, 4.69) is 10.1 Å². The Bertz CT molecular complexity index is 1450. The van der Waals surface area contributed by atoms with Crippen molar-refractivity contribution in [3.63, 3.8) is 0 Å². The summed E-state index contributed by atoms with van der Waals surface area (Å²) in [5.41, 5.74) is 7.77. The molecule has 0 saturated heterocycles. The minimum Gasteiger partial charge on any atom is -0.612 e. The van der Waals surface area contributed by atoms with Gasteiger partial charge in [0.25, 0.3) is 5.92 Å². The standard InChI is InChI=1S/C28H28F5N5O2S/c1-17(13-26(35)27(2,29)30)37-23-12-9-20(19-5-4-6-22(14-19)41(3)39)15-24(23)38(36)25(16-34)18-7-10-21(11-8-18)40-28(31,32)33/h4-16,35,37H,34,36H2,1-3H3/b17-13-,25-16-,35-26?. The van der Waals surface area contributed by atoms with Crippen LogP contribution >= 0.6 is 0 Å². The third-order valence-corrected chi connectivity index (χ3v) is 6.64. The van der Waals surface area contributed by atoms with Crippen molar-refractivity contribution in [3.8, 4) is 16.9 Å². The lowest BCUT2D eigenvalue weighted by atomic mass is 10.0. The first-order chi connectivity index (χ1) is 19.1. The Kier molecular flexibility index (Phi) is 9.69. The minimum atomic E-state index is -4.86. The van der Waals surface area contributed by atoms with Gasteiger partial charge in [-0.1, -0.05) is 18.2 Å². The Morgan fingerprint density at radius 1 is 1.02 bits per heavy atom. The first-order valence-electron chi connectivity index (χ1n) is 11.9. The number of benzene rings is 3. The predicted molar refractivity (Wildman–Crippen MR) is 152 cm³/mol. The van der Waals surface area contributed by atoms with Gasteiger partial charge in [-0.05, 0) is 77.8 Å². The molecule has 0 bridgehead atoms. The number of hydrogen-bond acceptors (Lipinski definition) is 7. The van der Waals surface area contributed by atoms with Crippen LogP contribution in [0, 0.1) is 5.41 Å². The normalized spacial score (nSPS) is 13.5. The van der Waals surface area contributed by atoms with E-state index in [9.17, 15) is 26.5 Å². The molecule has 1 atom stereocenters. The predicted octanol–water partition coefficient (Wildman–Crippen LogP) is 6.62. The topological polar surface area (TPSA) is 123 Å². The van der Waals surface area contributed by atoms with Gasteiger partial charge in [-0.25, -0.2) is 5.84 Å². The zero-order valence-corrected chi connectivity index (χ0v) is 23.0. The van der Waals surface area contributed by atoms with Crippen LogP contribution < -0.4 is 26.6 Å². The molecule has 0 heterocycles. The van der Waals surface area contributed by atoms with Crippen molar-refractivity contribution in [2.24, 2.45) is 11.6 Å². The first kappa shape index (κ1) is 31.5.